The van der Waals surface area contributed by atoms with Crippen LogP contribution in [0.2, 0.25) is 0 Å². The molecule has 0 amide bonds. The first-order chi connectivity index (χ1) is 7.21. The maximum Gasteiger partial charge on any atom is 0.137 e. The Morgan fingerprint density at radius 2 is 1.07 bits per heavy atom. The zero-order valence-electron chi connectivity index (χ0n) is 8.10. The highest BCUT2D eigenvalue weighted by Crippen LogP contribution is 2.39. The van der Waals surface area contributed by atoms with Gasteiger partial charge in [-0.15, -0.1) is 12.6 Å². The van der Waals surface area contributed by atoms with E-state index < -0.39 is 4.21 Å². The van der Waals surface area contributed by atoms with Gasteiger partial charge in [-0.1, -0.05) is 72.3 Å². The summed E-state index contributed by atoms with van der Waals surface area (Å²) >= 11 is 11.0. The molecule has 15 heavy (non-hydrogen) atoms. The predicted octanol–water partition coefficient (Wildman–Crippen LogP) is 4.06. The molecule has 76 valence electrons. The van der Waals surface area contributed by atoms with Gasteiger partial charge in [-0.3, -0.25) is 0 Å². The van der Waals surface area contributed by atoms with Crippen molar-refractivity contribution in [1.29, 1.82) is 0 Å². The van der Waals surface area contributed by atoms with Crippen LogP contribution in [0.5, 0.6) is 0 Å². The molecule has 0 unspecified atom stereocenters. The van der Waals surface area contributed by atoms with Crippen LogP contribution in [0.25, 0.3) is 0 Å². The molecule has 0 spiro atoms. The van der Waals surface area contributed by atoms with E-state index in [1.165, 1.54) is 0 Å². The number of thiol groups is 1. The van der Waals surface area contributed by atoms with Crippen molar-refractivity contribution in [2.75, 3.05) is 0 Å². The van der Waals surface area contributed by atoms with Crippen molar-refractivity contribution in [1.82, 2.24) is 0 Å². The Morgan fingerprint density at radius 3 is 1.40 bits per heavy atom. The van der Waals surface area contributed by atoms with Crippen LogP contribution in [-0.4, -0.2) is 0 Å². The van der Waals surface area contributed by atoms with Crippen LogP contribution >= 0.6 is 24.2 Å². The van der Waals surface area contributed by atoms with E-state index in [0.717, 1.165) is 11.1 Å². The van der Waals surface area contributed by atoms with E-state index in [1.54, 1.807) is 0 Å². The van der Waals surface area contributed by atoms with E-state index in [1.807, 2.05) is 60.7 Å². The molecule has 0 fully saturated rings. The smallest absolute Gasteiger partial charge is 0.137 e. The molecule has 0 nitrogen and oxygen atoms in total. The molecule has 2 aromatic rings. The van der Waals surface area contributed by atoms with Gasteiger partial charge in [-0.25, -0.2) is 0 Å². The van der Waals surface area contributed by atoms with Gasteiger partial charge in [0.1, 0.15) is 4.21 Å². The van der Waals surface area contributed by atoms with Gasteiger partial charge in [-0.05, 0) is 11.1 Å². The zero-order valence-corrected chi connectivity index (χ0v) is 9.75. The van der Waals surface area contributed by atoms with E-state index in [4.69, 9.17) is 11.6 Å². The Kier molecular flexibility index (Phi) is 3.03. The van der Waals surface area contributed by atoms with Crippen LogP contribution in [0.15, 0.2) is 60.7 Å². The molecule has 0 atom stereocenters. The molecule has 0 N–H and O–H groups in total. The summed E-state index contributed by atoms with van der Waals surface area (Å²) in [4.78, 5) is 0. The van der Waals surface area contributed by atoms with Crippen molar-refractivity contribution in [3.63, 3.8) is 0 Å². The summed E-state index contributed by atoms with van der Waals surface area (Å²) in [6.45, 7) is 0. The van der Waals surface area contributed by atoms with Crippen molar-refractivity contribution in [3.05, 3.63) is 71.8 Å². The largest absolute Gasteiger partial charge is 0.147 e. The average molecular weight is 235 g/mol. The van der Waals surface area contributed by atoms with E-state index in [2.05, 4.69) is 12.6 Å². The highest BCUT2D eigenvalue weighted by atomic mass is 35.5. The first-order valence-corrected chi connectivity index (χ1v) is 5.56. The van der Waals surface area contributed by atoms with Gasteiger partial charge in [0.2, 0.25) is 0 Å². The molecular weight excluding hydrogens is 224 g/mol. The molecule has 0 saturated carbocycles. The third kappa shape index (κ3) is 2.19. The van der Waals surface area contributed by atoms with Gasteiger partial charge >= 0.3 is 0 Å². The quantitative estimate of drug-likeness (QED) is 0.588. The summed E-state index contributed by atoms with van der Waals surface area (Å²) in [7, 11) is 0. The fourth-order valence-corrected chi connectivity index (χ4v) is 2.03. The lowest BCUT2D eigenvalue weighted by molar-refractivity contribution is 1.07. The number of rotatable bonds is 2. The number of hydrogen-bond acceptors (Lipinski definition) is 1. The van der Waals surface area contributed by atoms with Crippen LogP contribution < -0.4 is 0 Å². The number of alkyl halides is 1. The van der Waals surface area contributed by atoms with Gasteiger partial charge in [0.15, 0.2) is 0 Å². The third-order valence-electron chi connectivity index (χ3n) is 2.31. The molecule has 0 aliphatic rings. The SMILES string of the molecule is SC(Cl)(c1ccccc1)c1ccccc1. The molecule has 0 saturated heterocycles. The summed E-state index contributed by atoms with van der Waals surface area (Å²) < 4.78 is -0.747. The second-order valence-corrected chi connectivity index (χ2v) is 4.86. The van der Waals surface area contributed by atoms with Gasteiger partial charge in [0.25, 0.3) is 0 Å². The summed E-state index contributed by atoms with van der Waals surface area (Å²) in [6, 6.07) is 19.7. The molecule has 2 heteroatoms. The zero-order chi connectivity index (χ0) is 10.7. The van der Waals surface area contributed by atoms with E-state index in [0.29, 0.717) is 0 Å². The first kappa shape index (κ1) is 10.6. The maximum atomic E-state index is 6.45. The van der Waals surface area contributed by atoms with Gasteiger partial charge < -0.3 is 0 Å². The molecule has 0 aliphatic carbocycles. The lowest BCUT2D eigenvalue weighted by Crippen LogP contribution is -2.11. The fraction of sp³-hybridized carbons (Fsp3) is 0.0769. The molecule has 0 aliphatic heterocycles. The minimum Gasteiger partial charge on any atom is -0.147 e. The Hall–Kier alpha value is -0.920. The first-order valence-electron chi connectivity index (χ1n) is 4.73. The van der Waals surface area contributed by atoms with Gasteiger partial charge in [-0.2, -0.15) is 0 Å². The Morgan fingerprint density at radius 1 is 0.733 bits per heavy atom. The number of halogens is 1. The topological polar surface area (TPSA) is 0 Å². The monoisotopic (exact) mass is 234 g/mol. The normalized spacial score (nSPS) is 11.3. The Bertz CT molecular complexity index is 381. The second kappa shape index (κ2) is 4.30. The summed E-state index contributed by atoms with van der Waals surface area (Å²) in [5, 5.41) is 0. The van der Waals surface area contributed by atoms with E-state index >= 15 is 0 Å². The highest BCUT2D eigenvalue weighted by Gasteiger charge is 2.26. The number of benzene rings is 2. The fourth-order valence-electron chi connectivity index (χ4n) is 1.48. The minimum atomic E-state index is -0.747. The molecular formula is C13H11ClS. The molecule has 0 heterocycles. The van der Waals surface area contributed by atoms with Gasteiger partial charge in [0, 0.05) is 0 Å². The standard InChI is InChI=1S/C13H11ClS/c14-13(15,11-7-3-1-4-8-11)12-9-5-2-6-10-12/h1-10,15H. The summed E-state index contributed by atoms with van der Waals surface area (Å²) in [6.07, 6.45) is 0. The molecule has 0 radical (unpaired) electrons. The summed E-state index contributed by atoms with van der Waals surface area (Å²) in [5.74, 6) is 0. The Balaban J connectivity index is 2.44. The van der Waals surface area contributed by atoms with Crippen molar-refractivity contribution in [2.45, 2.75) is 4.21 Å². The molecule has 0 aromatic heterocycles. The average Bonchev–Trinajstić information content (AvgIpc) is 2.31. The van der Waals surface area contributed by atoms with Crippen LogP contribution in [0.3, 0.4) is 0 Å². The second-order valence-electron chi connectivity index (χ2n) is 3.35. The lowest BCUT2D eigenvalue weighted by atomic mass is 10.0. The van der Waals surface area contributed by atoms with Crippen LogP contribution in [0.4, 0.5) is 0 Å². The van der Waals surface area contributed by atoms with E-state index in [-0.39, 0.29) is 0 Å². The number of hydrogen-bond donors (Lipinski definition) is 1. The van der Waals surface area contributed by atoms with E-state index in [9.17, 15) is 0 Å². The molecule has 2 rings (SSSR count). The minimum absolute atomic E-state index is 0.747. The van der Waals surface area contributed by atoms with Crippen molar-refractivity contribution >= 4 is 24.2 Å². The van der Waals surface area contributed by atoms with Crippen LogP contribution in [0.1, 0.15) is 11.1 Å². The molecule has 0 bridgehead atoms. The van der Waals surface area contributed by atoms with Crippen LogP contribution in [0, 0.1) is 0 Å². The summed E-state index contributed by atoms with van der Waals surface area (Å²) in [5.41, 5.74) is 1.97. The van der Waals surface area contributed by atoms with Crippen molar-refractivity contribution in [2.24, 2.45) is 0 Å². The van der Waals surface area contributed by atoms with Crippen molar-refractivity contribution < 1.29 is 0 Å². The Labute approximate surface area is 100 Å². The van der Waals surface area contributed by atoms with Crippen LogP contribution in [-0.2, 0) is 4.21 Å². The third-order valence-corrected chi connectivity index (χ3v) is 3.27. The highest BCUT2D eigenvalue weighted by molar-refractivity contribution is 7.83. The lowest BCUT2D eigenvalue weighted by Gasteiger charge is -2.21. The van der Waals surface area contributed by atoms with Crippen molar-refractivity contribution in [3.8, 4) is 0 Å². The van der Waals surface area contributed by atoms with Gasteiger partial charge in [0.05, 0.1) is 0 Å². The molecule has 2 aromatic carbocycles. The predicted molar refractivity (Wildman–Crippen MR) is 68.5 cm³/mol. The maximum absolute atomic E-state index is 6.45.